The fourth-order valence-electron chi connectivity index (χ4n) is 1.13. The number of benzene rings is 1. The highest BCUT2D eigenvalue weighted by Crippen LogP contribution is 2.21. The van der Waals surface area contributed by atoms with E-state index in [1.54, 1.807) is 19.9 Å². The maximum atomic E-state index is 11.6. The van der Waals surface area contributed by atoms with Gasteiger partial charge in [-0.3, -0.25) is 0 Å². The van der Waals surface area contributed by atoms with Crippen LogP contribution in [0.5, 0.6) is 5.75 Å². The van der Waals surface area contributed by atoms with E-state index < -0.39 is 9.84 Å². The Morgan fingerprint density at radius 3 is 2.64 bits per heavy atom. The zero-order valence-electron chi connectivity index (χ0n) is 8.49. The van der Waals surface area contributed by atoms with Crippen LogP contribution in [0.15, 0.2) is 17.0 Å². The minimum Gasteiger partial charge on any atom is -0.496 e. The van der Waals surface area contributed by atoms with Gasteiger partial charge in [0.2, 0.25) is 0 Å². The quantitative estimate of drug-likeness (QED) is 0.766. The third-order valence-electron chi connectivity index (χ3n) is 2.02. The van der Waals surface area contributed by atoms with Crippen LogP contribution in [-0.2, 0) is 9.84 Å². The monoisotopic (exact) mass is 213 g/mol. The normalized spacial score (nSPS) is 11.4. The minimum absolute atomic E-state index is 0.0982. The topological polar surface area (TPSA) is 43.4 Å². The molecule has 1 rings (SSSR count). The van der Waals surface area contributed by atoms with Crippen molar-refractivity contribution < 1.29 is 13.2 Å². The standard InChI is InChI=1S/C10H13O3S/c1-4-14(11,12)10-7-9(13-3)6-5-8(10)2/h5,7H,4H2,1-3H3. The summed E-state index contributed by atoms with van der Waals surface area (Å²) in [5.74, 6) is 0.545. The van der Waals surface area contributed by atoms with Crippen LogP contribution in [0, 0.1) is 13.0 Å². The molecule has 1 aromatic carbocycles. The Labute approximate surface area is 84.6 Å². The molecule has 0 unspecified atom stereocenters. The average Bonchev–Trinajstić information content (AvgIpc) is 2.18. The van der Waals surface area contributed by atoms with Crippen LogP contribution >= 0.6 is 0 Å². The van der Waals surface area contributed by atoms with Gasteiger partial charge in [0.05, 0.1) is 17.8 Å². The summed E-state index contributed by atoms with van der Waals surface area (Å²) in [6.07, 6.45) is 0. The van der Waals surface area contributed by atoms with Gasteiger partial charge < -0.3 is 4.74 Å². The molecule has 0 aromatic heterocycles. The van der Waals surface area contributed by atoms with Crippen molar-refractivity contribution in [2.45, 2.75) is 18.7 Å². The summed E-state index contributed by atoms with van der Waals surface area (Å²) in [5.41, 5.74) is 0.702. The highest BCUT2D eigenvalue weighted by Gasteiger charge is 2.15. The van der Waals surface area contributed by atoms with Gasteiger partial charge in [-0.25, -0.2) is 8.42 Å². The lowest BCUT2D eigenvalue weighted by Crippen LogP contribution is -2.06. The first-order valence-corrected chi connectivity index (χ1v) is 5.95. The molecule has 0 N–H and O–H groups in total. The zero-order chi connectivity index (χ0) is 10.8. The van der Waals surface area contributed by atoms with Crippen LogP contribution in [0.25, 0.3) is 0 Å². The summed E-state index contributed by atoms with van der Waals surface area (Å²) >= 11 is 0. The molecular formula is C10H13O3S. The molecule has 0 amide bonds. The van der Waals surface area contributed by atoms with E-state index in [0.717, 1.165) is 0 Å². The van der Waals surface area contributed by atoms with Gasteiger partial charge in [-0.2, -0.15) is 0 Å². The number of hydrogen-bond donors (Lipinski definition) is 0. The van der Waals surface area contributed by atoms with Crippen LogP contribution in [0.3, 0.4) is 0 Å². The molecule has 0 spiro atoms. The summed E-state index contributed by atoms with van der Waals surface area (Å²) in [5, 5.41) is 0. The van der Waals surface area contributed by atoms with E-state index in [1.807, 2.05) is 0 Å². The second kappa shape index (κ2) is 4.00. The van der Waals surface area contributed by atoms with E-state index in [1.165, 1.54) is 13.2 Å². The smallest absolute Gasteiger partial charge is 0.178 e. The van der Waals surface area contributed by atoms with E-state index in [0.29, 0.717) is 16.2 Å². The predicted molar refractivity (Wildman–Crippen MR) is 54.3 cm³/mol. The molecule has 77 valence electrons. The van der Waals surface area contributed by atoms with Crippen LogP contribution in [0.1, 0.15) is 12.5 Å². The van der Waals surface area contributed by atoms with E-state index >= 15 is 0 Å². The second-order valence-electron chi connectivity index (χ2n) is 2.95. The molecule has 4 heteroatoms. The molecule has 0 aliphatic rings. The molecule has 3 nitrogen and oxygen atoms in total. The molecule has 0 aliphatic carbocycles. The average molecular weight is 213 g/mol. The molecule has 1 radical (unpaired) electrons. The Bertz CT molecular complexity index is 421. The Morgan fingerprint density at radius 1 is 1.50 bits per heavy atom. The van der Waals surface area contributed by atoms with Gasteiger partial charge in [-0.05, 0) is 24.6 Å². The fraction of sp³-hybridized carbons (Fsp3) is 0.400. The number of ether oxygens (including phenoxy) is 1. The van der Waals surface area contributed by atoms with Crippen molar-refractivity contribution in [3.8, 4) is 5.75 Å². The first kappa shape index (κ1) is 11.0. The lowest BCUT2D eigenvalue weighted by molar-refractivity contribution is 0.412. The van der Waals surface area contributed by atoms with Gasteiger partial charge in [0.1, 0.15) is 5.75 Å². The molecule has 0 bridgehead atoms. The minimum atomic E-state index is -3.16. The van der Waals surface area contributed by atoms with Crippen LogP contribution in [0.2, 0.25) is 0 Å². The number of aryl methyl sites for hydroxylation is 1. The number of rotatable bonds is 3. The van der Waals surface area contributed by atoms with Crippen molar-refractivity contribution in [1.29, 1.82) is 0 Å². The number of hydrogen-bond acceptors (Lipinski definition) is 3. The third-order valence-corrected chi connectivity index (χ3v) is 3.89. The van der Waals surface area contributed by atoms with E-state index in [-0.39, 0.29) is 5.75 Å². The zero-order valence-corrected chi connectivity index (χ0v) is 9.31. The van der Waals surface area contributed by atoms with Crippen molar-refractivity contribution in [3.63, 3.8) is 0 Å². The van der Waals surface area contributed by atoms with Crippen molar-refractivity contribution in [2.24, 2.45) is 0 Å². The summed E-state index contributed by atoms with van der Waals surface area (Å²) in [6.45, 7) is 3.37. The molecule has 0 saturated carbocycles. The van der Waals surface area contributed by atoms with Crippen molar-refractivity contribution in [2.75, 3.05) is 12.9 Å². The van der Waals surface area contributed by atoms with Crippen molar-refractivity contribution in [3.05, 3.63) is 23.8 Å². The lowest BCUT2D eigenvalue weighted by atomic mass is 10.2. The molecule has 14 heavy (non-hydrogen) atoms. The molecule has 0 fully saturated rings. The van der Waals surface area contributed by atoms with E-state index in [4.69, 9.17) is 4.74 Å². The van der Waals surface area contributed by atoms with Crippen molar-refractivity contribution >= 4 is 9.84 Å². The summed E-state index contributed by atoms with van der Waals surface area (Å²) in [6, 6.07) is 5.97. The highest BCUT2D eigenvalue weighted by atomic mass is 32.2. The fourth-order valence-corrected chi connectivity index (χ4v) is 2.28. The first-order valence-electron chi connectivity index (χ1n) is 4.30. The van der Waals surface area contributed by atoms with Gasteiger partial charge in [0.15, 0.2) is 9.84 Å². The molecule has 0 heterocycles. The maximum Gasteiger partial charge on any atom is 0.178 e. The molecule has 0 saturated heterocycles. The van der Waals surface area contributed by atoms with E-state index in [9.17, 15) is 8.42 Å². The van der Waals surface area contributed by atoms with E-state index in [2.05, 4.69) is 6.07 Å². The van der Waals surface area contributed by atoms with Gasteiger partial charge in [0.25, 0.3) is 0 Å². The number of methoxy groups -OCH3 is 1. The first-order chi connectivity index (χ1) is 6.51. The van der Waals surface area contributed by atoms with Crippen molar-refractivity contribution in [1.82, 2.24) is 0 Å². The molecule has 0 aliphatic heterocycles. The maximum absolute atomic E-state index is 11.6. The molecule has 1 aromatic rings. The second-order valence-corrected chi connectivity index (χ2v) is 5.20. The summed E-state index contributed by atoms with van der Waals surface area (Å²) in [4.78, 5) is 0.329. The van der Waals surface area contributed by atoms with Crippen LogP contribution < -0.4 is 4.74 Å². The van der Waals surface area contributed by atoms with Gasteiger partial charge >= 0.3 is 0 Å². The summed E-state index contributed by atoms with van der Waals surface area (Å²) < 4.78 is 28.2. The lowest BCUT2D eigenvalue weighted by Gasteiger charge is -2.07. The Balaban J connectivity index is 3.33. The SMILES string of the molecule is CCS(=O)(=O)c1cc(OC)[c]cc1C. The highest BCUT2D eigenvalue weighted by molar-refractivity contribution is 7.91. The number of sulfone groups is 1. The molecule has 0 atom stereocenters. The van der Waals surface area contributed by atoms with Gasteiger partial charge in [0, 0.05) is 6.07 Å². The van der Waals surface area contributed by atoms with Crippen LogP contribution in [0.4, 0.5) is 0 Å². The Hall–Kier alpha value is -1.03. The van der Waals surface area contributed by atoms with Gasteiger partial charge in [-0.1, -0.05) is 6.92 Å². The Morgan fingerprint density at radius 2 is 2.14 bits per heavy atom. The summed E-state index contributed by atoms with van der Waals surface area (Å²) in [7, 11) is -1.67. The third kappa shape index (κ3) is 2.07. The molecular weight excluding hydrogens is 200 g/mol. The van der Waals surface area contributed by atoms with Gasteiger partial charge in [-0.15, -0.1) is 0 Å². The van der Waals surface area contributed by atoms with Crippen LogP contribution in [-0.4, -0.2) is 21.3 Å². The largest absolute Gasteiger partial charge is 0.496 e. The predicted octanol–water partition coefficient (Wildman–Crippen LogP) is 1.60. The Kier molecular flexibility index (Phi) is 3.16.